The number of hydrogen-bond acceptors (Lipinski definition) is 3. The Morgan fingerprint density at radius 2 is 0.967 bits per heavy atom. The van der Waals surface area contributed by atoms with Crippen LogP contribution in [0.4, 0.5) is 0 Å². The van der Waals surface area contributed by atoms with Gasteiger partial charge in [-0.2, -0.15) is 0 Å². The smallest absolute Gasteiger partial charge is 0.307 e. The van der Waals surface area contributed by atoms with Crippen molar-refractivity contribution in [3.63, 3.8) is 0 Å². The second-order valence-corrected chi connectivity index (χ2v) is 13.9. The number of rotatable bonds is 9. The lowest BCUT2D eigenvalue weighted by Crippen LogP contribution is -1.98. The minimum atomic E-state index is -1.43. The molecule has 1 saturated heterocycles. The van der Waals surface area contributed by atoms with Gasteiger partial charge < -0.3 is 13.6 Å². The van der Waals surface area contributed by atoms with Crippen molar-refractivity contribution in [2.75, 3.05) is 6.16 Å². The average molecular weight is 552 g/mol. The fraction of sp³-hybridized carbons (Fsp3) is 0.250. The molecule has 0 bridgehead atoms. The van der Waals surface area contributed by atoms with Crippen LogP contribution in [0.3, 0.4) is 0 Å². The highest BCUT2D eigenvalue weighted by Crippen LogP contribution is 2.65. The van der Waals surface area contributed by atoms with Gasteiger partial charge in [0.2, 0.25) is 0 Å². The summed E-state index contributed by atoms with van der Waals surface area (Å²) in [6, 6.07) is 30.1. The maximum absolute atomic E-state index is 5.89. The minimum Gasteiger partial charge on any atom is -0.307 e. The zero-order valence-electron chi connectivity index (χ0n) is 17.1. The Balaban J connectivity index is 0.000000448. The van der Waals surface area contributed by atoms with E-state index in [0.29, 0.717) is 25.4 Å². The largest absolute Gasteiger partial charge is 0.333 e. The van der Waals surface area contributed by atoms with Crippen LogP contribution in [-0.4, -0.2) is 11.8 Å². The first-order valence-electron chi connectivity index (χ1n) is 9.94. The first-order valence-corrected chi connectivity index (χ1v) is 15.4. The average Bonchev–Trinajstić information content (AvgIpc) is 3.47. The fourth-order valence-electron chi connectivity index (χ4n) is 2.42. The van der Waals surface area contributed by atoms with E-state index in [0.717, 1.165) is 22.3 Å². The van der Waals surface area contributed by atoms with E-state index in [4.69, 9.17) is 13.6 Å². The van der Waals surface area contributed by atoms with Gasteiger partial charge in [0.05, 0.1) is 19.8 Å². The predicted octanol–water partition coefficient (Wildman–Crippen LogP) is 8.08. The quantitative estimate of drug-likeness (QED) is 0.199. The third kappa shape index (κ3) is 9.51. The van der Waals surface area contributed by atoms with Crippen molar-refractivity contribution in [1.82, 2.24) is 0 Å². The Bertz CT molecular complexity index is 727. The molecule has 0 radical (unpaired) electrons. The summed E-state index contributed by atoms with van der Waals surface area (Å²) < 4.78 is 17.7. The third-order valence-electron chi connectivity index (χ3n) is 4.32. The molecule has 0 saturated carbocycles. The summed E-state index contributed by atoms with van der Waals surface area (Å²) in [6.45, 7) is 3.72. The van der Waals surface area contributed by atoms with Gasteiger partial charge in [-0.15, -0.1) is 0 Å². The van der Waals surface area contributed by atoms with Crippen molar-refractivity contribution < 1.29 is 13.6 Å². The number of hydrogen-bond donors (Lipinski definition) is 0. The molecule has 4 rings (SSSR count). The number of benzene rings is 3. The normalized spacial score (nSPS) is 17.3. The van der Waals surface area contributed by atoms with E-state index >= 15 is 0 Å². The molecule has 1 fully saturated rings. The van der Waals surface area contributed by atoms with Crippen molar-refractivity contribution in [3.05, 3.63) is 108 Å². The van der Waals surface area contributed by atoms with Gasteiger partial charge in [-0.1, -0.05) is 120 Å². The maximum atomic E-state index is 5.89. The Morgan fingerprint density at radius 3 is 1.20 bits per heavy atom. The molecule has 6 heteroatoms. The minimum absolute atomic E-state index is 0.468. The van der Waals surface area contributed by atoms with E-state index in [9.17, 15) is 0 Å². The summed E-state index contributed by atoms with van der Waals surface area (Å²) in [5.74, 6) is 0. The predicted molar refractivity (Wildman–Crippen MR) is 136 cm³/mol. The van der Waals surface area contributed by atoms with Crippen molar-refractivity contribution >= 4 is 36.2 Å². The van der Waals surface area contributed by atoms with E-state index in [-0.39, 0.29) is 0 Å². The van der Waals surface area contributed by atoms with Crippen molar-refractivity contribution in [3.8, 4) is 0 Å². The summed E-state index contributed by atoms with van der Waals surface area (Å²) in [4.78, 5) is 0. The van der Waals surface area contributed by atoms with E-state index in [2.05, 4.69) is 29.0 Å². The standard InChI is InChI=1S/C21H21O3P.C3H6IP/c1-4-10-19(11-5-1)16-22-25(23-17-20-12-6-2-7-13-20)24-18-21-14-8-3-9-15-21;1-3-2-5(3)4/h1-15H,16-18H2;3H,2H2,1H3. The SMILES string of the molecule is CC1CP1I.c1ccc(COP(OCc2ccccc2)OCc2ccccc2)cc1. The molecule has 158 valence electrons. The van der Waals surface area contributed by atoms with Crippen LogP contribution in [-0.2, 0) is 33.4 Å². The van der Waals surface area contributed by atoms with Crippen LogP contribution in [0.5, 0.6) is 0 Å². The summed E-state index contributed by atoms with van der Waals surface area (Å²) in [6.07, 6.45) is 1.52. The topological polar surface area (TPSA) is 27.7 Å². The summed E-state index contributed by atoms with van der Waals surface area (Å²) >= 11 is 2.55. The van der Waals surface area contributed by atoms with E-state index in [1.165, 1.54) is 6.16 Å². The van der Waals surface area contributed by atoms with Crippen molar-refractivity contribution in [1.29, 1.82) is 0 Å². The first-order chi connectivity index (χ1) is 14.7. The van der Waals surface area contributed by atoms with E-state index < -0.39 is 8.60 Å². The van der Waals surface area contributed by atoms with Crippen LogP contribution in [0.2, 0.25) is 0 Å². The van der Waals surface area contributed by atoms with Gasteiger partial charge in [0.25, 0.3) is 0 Å². The molecular formula is C24H27IO3P2. The van der Waals surface area contributed by atoms with Crippen LogP contribution in [0.25, 0.3) is 0 Å². The molecule has 1 heterocycles. The molecule has 2 atom stereocenters. The fourth-order valence-corrected chi connectivity index (χ4v) is 6.77. The molecule has 0 aliphatic carbocycles. The lowest BCUT2D eigenvalue weighted by atomic mass is 10.2. The van der Waals surface area contributed by atoms with Crippen LogP contribution in [0.1, 0.15) is 23.6 Å². The van der Waals surface area contributed by atoms with Crippen LogP contribution >= 0.6 is 36.2 Å². The number of halogens is 1. The van der Waals surface area contributed by atoms with Gasteiger partial charge in [-0.3, -0.25) is 0 Å². The Labute approximate surface area is 195 Å². The summed E-state index contributed by atoms with van der Waals surface area (Å²) in [5, 5.41) is 0. The highest BCUT2D eigenvalue weighted by Gasteiger charge is 2.28. The second kappa shape index (κ2) is 13.5. The molecule has 30 heavy (non-hydrogen) atoms. The lowest BCUT2D eigenvalue weighted by Gasteiger charge is -2.17. The molecule has 3 aromatic rings. The highest BCUT2D eigenvalue weighted by molar-refractivity contribution is 14.2. The summed E-state index contributed by atoms with van der Waals surface area (Å²) in [5.41, 5.74) is 4.94. The zero-order valence-corrected chi connectivity index (χ0v) is 21.0. The Kier molecular flexibility index (Phi) is 10.7. The van der Waals surface area contributed by atoms with Crippen LogP contribution in [0, 0.1) is 0 Å². The van der Waals surface area contributed by atoms with Gasteiger partial charge >= 0.3 is 8.60 Å². The molecule has 0 aromatic heterocycles. The first kappa shape index (κ1) is 23.8. The molecule has 1 aliphatic rings. The molecule has 0 N–H and O–H groups in total. The van der Waals surface area contributed by atoms with Crippen molar-refractivity contribution in [2.24, 2.45) is 0 Å². The van der Waals surface area contributed by atoms with Gasteiger partial charge in [0.15, 0.2) is 0 Å². The molecule has 0 amide bonds. The molecule has 1 aliphatic heterocycles. The van der Waals surface area contributed by atoms with Gasteiger partial charge in [-0.05, 0) is 34.1 Å². The lowest BCUT2D eigenvalue weighted by molar-refractivity contribution is 0.144. The maximum Gasteiger partial charge on any atom is 0.333 e. The molecule has 3 nitrogen and oxygen atoms in total. The zero-order chi connectivity index (χ0) is 21.0. The Hall–Kier alpha value is -0.870. The monoisotopic (exact) mass is 552 g/mol. The molecule has 0 spiro atoms. The molecule has 2 unspecified atom stereocenters. The van der Waals surface area contributed by atoms with Gasteiger partial charge in [0, 0.05) is 0 Å². The third-order valence-corrected chi connectivity index (χ3v) is 10.9. The Morgan fingerprint density at radius 1 is 0.700 bits per heavy atom. The highest BCUT2D eigenvalue weighted by atomic mass is 127. The van der Waals surface area contributed by atoms with E-state index in [1.54, 1.807) is 0 Å². The summed E-state index contributed by atoms with van der Waals surface area (Å²) in [7, 11) is -1.43. The van der Waals surface area contributed by atoms with Crippen LogP contribution in [0.15, 0.2) is 91.0 Å². The van der Waals surface area contributed by atoms with Gasteiger partial charge in [0.1, 0.15) is 0 Å². The molecular weight excluding hydrogens is 525 g/mol. The second-order valence-electron chi connectivity index (χ2n) is 6.93. The molecule has 3 aromatic carbocycles. The van der Waals surface area contributed by atoms with E-state index in [1.807, 2.05) is 91.0 Å². The van der Waals surface area contributed by atoms with Gasteiger partial charge in [-0.25, -0.2) is 0 Å². The van der Waals surface area contributed by atoms with Crippen LogP contribution < -0.4 is 0 Å². The van der Waals surface area contributed by atoms with Crippen molar-refractivity contribution in [2.45, 2.75) is 32.4 Å².